The number of amides is 1. The normalized spacial score (nSPS) is 9.77. The van der Waals surface area contributed by atoms with E-state index in [1.165, 1.54) is 4.90 Å². The first-order valence-corrected chi connectivity index (χ1v) is 4.22. The zero-order valence-corrected chi connectivity index (χ0v) is 8.25. The molecule has 0 bridgehead atoms. The number of hydrogen-bond acceptors (Lipinski definition) is 4. The van der Waals surface area contributed by atoms with Crippen molar-refractivity contribution in [3.8, 4) is 0 Å². The molecule has 0 aliphatic rings. The van der Waals surface area contributed by atoms with Gasteiger partial charge >= 0.3 is 0 Å². The highest BCUT2D eigenvalue weighted by Crippen LogP contribution is 2.12. The van der Waals surface area contributed by atoms with E-state index < -0.39 is 0 Å². The van der Waals surface area contributed by atoms with Crippen LogP contribution in [0.4, 0.5) is 5.95 Å². The van der Waals surface area contributed by atoms with Crippen molar-refractivity contribution < 1.29 is 4.79 Å². The second kappa shape index (κ2) is 4.34. The summed E-state index contributed by atoms with van der Waals surface area (Å²) in [5, 5.41) is -0.0643. The fourth-order valence-electron chi connectivity index (χ4n) is 0.708. The fraction of sp³-hybridized carbons (Fsp3) is 0.333. The van der Waals surface area contributed by atoms with Gasteiger partial charge in [-0.15, -0.1) is 0 Å². The summed E-state index contributed by atoms with van der Waals surface area (Å²) in [5.41, 5.74) is 0. The molecule has 0 atom stereocenters. The molecule has 1 aromatic heterocycles. The lowest BCUT2D eigenvalue weighted by Crippen LogP contribution is -2.22. The Bertz CT molecular complexity index is 299. The lowest BCUT2D eigenvalue weighted by atomic mass is 10.6. The molecule has 1 amide bonds. The minimum atomic E-state index is -0.0321. The van der Waals surface area contributed by atoms with Crippen molar-refractivity contribution in [2.75, 3.05) is 11.4 Å². The summed E-state index contributed by atoms with van der Waals surface area (Å²) in [6.07, 6.45) is 0.599. The van der Waals surface area contributed by atoms with E-state index in [1.54, 1.807) is 6.92 Å². The lowest BCUT2D eigenvalue weighted by Gasteiger charge is -2.11. The van der Waals surface area contributed by atoms with Gasteiger partial charge in [-0.2, -0.15) is 15.0 Å². The Hall–Kier alpha value is -0.940. The molecule has 0 fully saturated rings. The van der Waals surface area contributed by atoms with Gasteiger partial charge in [-0.3, -0.25) is 9.69 Å². The summed E-state index contributed by atoms with van der Waals surface area (Å²) in [6, 6.07) is 0. The molecule has 1 heterocycles. The third-order valence-corrected chi connectivity index (χ3v) is 1.63. The molecule has 0 saturated heterocycles. The largest absolute Gasteiger partial charge is 0.283 e. The van der Waals surface area contributed by atoms with Gasteiger partial charge in [0.2, 0.25) is 22.9 Å². The highest BCUT2D eigenvalue weighted by atomic mass is 35.5. The van der Waals surface area contributed by atoms with Crippen molar-refractivity contribution in [1.29, 1.82) is 0 Å². The van der Waals surface area contributed by atoms with E-state index in [0.717, 1.165) is 0 Å². The number of halogens is 2. The lowest BCUT2D eigenvalue weighted by molar-refractivity contribution is -0.107. The Labute approximate surface area is 84.7 Å². The topological polar surface area (TPSA) is 59.0 Å². The van der Waals surface area contributed by atoms with E-state index in [1.807, 2.05) is 0 Å². The van der Waals surface area contributed by atoms with E-state index in [9.17, 15) is 4.79 Å². The molecule has 0 N–H and O–H groups in total. The highest BCUT2D eigenvalue weighted by molar-refractivity contribution is 6.31. The first-order valence-electron chi connectivity index (χ1n) is 3.46. The van der Waals surface area contributed by atoms with Gasteiger partial charge in [-0.05, 0) is 30.1 Å². The van der Waals surface area contributed by atoms with Crippen LogP contribution in [0.2, 0.25) is 10.6 Å². The van der Waals surface area contributed by atoms with E-state index >= 15 is 0 Å². The van der Waals surface area contributed by atoms with Crippen LogP contribution in [0.1, 0.15) is 6.92 Å². The molecular formula is C6H6Cl2N4O. The van der Waals surface area contributed by atoms with Crippen LogP contribution < -0.4 is 4.90 Å². The van der Waals surface area contributed by atoms with E-state index in [2.05, 4.69) is 15.0 Å². The third-order valence-electron chi connectivity index (χ3n) is 1.29. The van der Waals surface area contributed by atoms with Crippen molar-refractivity contribution in [2.45, 2.75) is 6.92 Å². The van der Waals surface area contributed by atoms with Gasteiger partial charge in [0, 0.05) is 6.54 Å². The first kappa shape index (κ1) is 10.1. The molecule has 0 aliphatic heterocycles. The standard InChI is InChI=1S/C6H6Cl2N4O/c1-2-12(3-13)6-10-4(7)9-5(8)11-6/h3H,2H2,1H3. The highest BCUT2D eigenvalue weighted by Gasteiger charge is 2.08. The average molecular weight is 221 g/mol. The van der Waals surface area contributed by atoms with Gasteiger partial charge in [-0.25, -0.2) is 0 Å². The zero-order chi connectivity index (χ0) is 9.84. The molecule has 1 rings (SSSR count). The van der Waals surface area contributed by atoms with Crippen LogP contribution in [0, 0.1) is 0 Å². The third kappa shape index (κ3) is 2.50. The number of nitrogens with zero attached hydrogens (tertiary/aromatic N) is 4. The Balaban J connectivity index is 3.05. The van der Waals surface area contributed by atoms with E-state index in [0.29, 0.717) is 13.0 Å². The van der Waals surface area contributed by atoms with Crippen LogP contribution in [0.3, 0.4) is 0 Å². The SMILES string of the molecule is CCN(C=O)c1nc(Cl)nc(Cl)n1. The van der Waals surface area contributed by atoms with Gasteiger partial charge < -0.3 is 0 Å². The second-order valence-electron chi connectivity index (χ2n) is 2.06. The predicted molar refractivity (Wildman–Crippen MR) is 48.9 cm³/mol. The van der Waals surface area contributed by atoms with Crippen LogP contribution in [-0.2, 0) is 4.79 Å². The Morgan fingerprint density at radius 3 is 2.23 bits per heavy atom. The summed E-state index contributed by atoms with van der Waals surface area (Å²) in [4.78, 5) is 22.8. The zero-order valence-electron chi connectivity index (χ0n) is 6.74. The Morgan fingerprint density at radius 2 is 1.85 bits per heavy atom. The number of aromatic nitrogens is 3. The summed E-state index contributed by atoms with van der Waals surface area (Å²) >= 11 is 11.0. The van der Waals surface area contributed by atoms with Crippen LogP contribution in [0.15, 0.2) is 0 Å². The van der Waals surface area contributed by atoms with E-state index in [4.69, 9.17) is 23.2 Å². The predicted octanol–water partition coefficient (Wildman–Crippen LogP) is 1.16. The molecule has 0 aromatic carbocycles. The molecule has 0 saturated carbocycles. The molecule has 0 aliphatic carbocycles. The van der Waals surface area contributed by atoms with Crippen LogP contribution in [0.25, 0.3) is 0 Å². The molecule has 70 valence electrons. The Morgan fingerprint density at radius 1 is 1.31 bits per heavy atom. The van der Waals surface area contributed by atoms with Crippen LogP contribution >= 0.6 is 23.2 Å². The maximum atomic E-state index is 10.5. The van der Waals surface area contributed by atoms with Crippen LogP contribution in [0.5, 0.6) is 0 Å². The molecule has 1 aromatic rings. The monoisotopic (exact) mass is 220 g/mol. The quantitative estimate of drug-likeness (QED) is 0.718. The number of anilines is 1. The van der Waals surface area contributed by atoms with Crippen molar-refractivity contribution in [1.82, 2.24) is 15.0 Å². The van der Waals surface area contributed by atoms with Gasteiger partial charge in [0.15, 0.2) is 0 Å². The Kier molecular flexibility index (Phi) is 3.39. The smallest absolute Gasteiger partial charge is 0.237 e. The van der Waals surface area contributed by atoms with Crippen molar-refractivity contribution >= 4 is 35.6 Å². The number of carbonyl (C=O) groups excluding carboxylic acids is 1. The van der Waals surface area contributed by atoms with E-state index in [-0.39, 0.29) is 16.5 Å². The summed E-state index contributed by atoms with van der Waals surface area (Å²) in [6.45, 7) is 2.22. The second-order valence-corrected chi connectivity index (χ2v) is 2.74. The molecular weight excluding hydrogens is 215 g/mol. The molecule has 5 nitrogen and oxygen atoms in total. The molecule has 0 unspecified atom stereocenters. The van der Waals surface area contributed by atoms with Gasteiger partial charge in [0.05, 0.1) is 0 Å². The number of carbonyl (C=O) groups is 1. The minimum Gasteiger partial charge on any atom is -0.283 e. The van der Waals surface area contributed by atoms with Crippen molar-refractivity contribution in [3.05, 3.63) is 10.6 Å². The van der Waals surface area contributed by atoms with Crippen molar-refractivity contribution in [2.24, 2.45) is 0 Å². The maximum Gasteiger partial charge on any atom is 0.237 e. The number of hydrogen-bond donors (Lipinski definition) is 0. The summed E-state index contributed by atoms with van der Waals surface area (Å²) < 4.78 is 0. The molecule has 13 heavy (non-hydrogen) atoms. The fourth-order valence-corrected chi connectivity index (χ4v) is 1.06. The van der Waals surface area contributed by atoms with Gasteiger partial charge in [0.1, 0.15) is 0 Å². The van der Waals surface area contributed by atoms with Crippen LogP contribution in [-0.4, -0.2) is 27.9 Å². The molecule has 7 heteroatoms. The molecule has 0 spiro atoms. The van der Waals surface area contributed by atoms with Gasteiger partial charge in [-0.1, -0.05) is 0 Å². The maximum absolute atomic E-state index is 10.5. The summed E-state index contributed by atoms with van der Waals surface area (Å²) in [7, 11) is 0. The minimum absolute atomic E-state index is 0.0321. The summed E-state index contributed by atoms with van der Waals surface area (Å²) in [5.74, 6) is 0.155. The molecule has 0 radical (unpaired) electrons. The average Bonchev–Trinajstić information content (AvgIpc) is 2.04. The van der Waals surface area contributed by atoms with Crippen molar-refractivity contribution in [3.63, 3.8) is 0 Å². The van der Waals surface area contributed by atoms with Gasteiger partial charge in [0.25, 0.3) is 0 Å². The first-order chi connectivity index (χ1) is 6.17. The number of rotatable bonds is 3.